The lowest BCUT2D eigenvalue weighted by atomic mass is 10.1. The summed E-state index contributed by atoms with van der Waals surface area (Å²) in [5, 5.41) is 0. The van der Waals surface area contributed by atoms with Crippen LogP contribution in [0.5, 0.6) is 11.5 Å². The number of carbonyl (C=O) groups is 1. The Morgan fingerprint density at radius 3 is 2.96 bits per heavy atom. The van der Waals surface area contributed by atoms with Gasteiger partial charge in [0.15, 0.2) is 11.5 Å². The van der Waals surface area contributed by atoms with Gasteiger partial charge in [0.2, 0.25) is 0 Å². The Hall–Kier alpha value is -1.57. The Morgan fingerprint density at radius 2 is 2.26 bits per heavy atom. The second kappa shape index (κ2) is 9.57. The number of thiocarbonyl (C=S) groups is 1. The van der Waals surface area contributed by atoms with Crippen molar-refractivity contribution in [2.45, 2.75) is 38.7 Å². The zero-order valence-corrected chi connectivity index (χ0v) is 17.4. The average Bonchev–Trinajstić information content (AvgIpc) is 3.27. The number of thioether (sulfide) groups is 1. The summed E-state index contributed by atoms with van der Waals surface area (Å²) >= 11 is 6.74. The molecule has 2 saturated heterocycles. The molecule has 146 valence electrons. The molecule has 0 bridgehead atoms. The van der Waals surface area contributed by atoms with E-state index in [9.17, 15) is 4.79 Å². The van der Waals surface area contributed by atoms with Crippen LogP contribution in [-0.4, -0.2) is 48.1 Å². The predicted octanol–water partition coefficient (Wildman–Crippen LogP) is 4.25. The van der Waals surface area contributed by atoms with Crippen molar-refractivity contribution in [3.8, 4) is 11.5 Å². The normalized spacial score (nSPS) is 21.3. The van der Waals surface area contributed by atoms with Crippen LogP contribution in [0, 0.1) is 0 Å². The Labute approximate surface area is 170 Å². The van der Waals surface area contributed by atoms with Gasteiger partial charge in [-0.1, -0.05) is 43.4 Å². The van der Waals surface area contributed by atoms with E-state index in [2.05, 4.69) is 6.92 Å². The van der Waals surface area contributed by atoms with Crippen LogP contribution in [0.3, 0.4) is 0 Å². The van der Waals surface area contributed by atoms with Crippen LogP contribution in [-0.2, 0) is 9.53 Å². The molecule has 0 radical (unpaired) electrons. The van der Waals surface area contributed by atoms with Crippen LogP contribution in [0.15, 0.2) is 23.1 Å². The number of hydrogen-bond acceptors (Lipinski definition) is 6. The molecule has 2 aliphatic rings. The standard InChI is InChI=1S/C20H25NO4S2/c1-3-4-9-25-16-8-7-14(11-17(16)23-2)12-18-19(22)21(20(26)27-18)13-15-6-5-10-24-15/h7-8,11-12,15H,3-6,9-10,13H2,1-2H3/b18-12+/t15-/m0/s1. The molecule has 5 nitrogen and oxygen atoms in total. The van der Waals surface area contributed by atoms with Gasteiger partial charge < -0.3 is 14.2 Å². The summed E-state index contributed by atoms with van der Waals surface area (Å²) in [6.07, 6.45) is 6.04. The summed E-state index contributed by atoms with van der Waals surface area (Å²) in [6.45, 7) is 4.09. The fourth-order valence-corrected chi connectivity index (χ4v) is 4.30. The van der Waals surface area contributed by atoms with Gasteiger partial charge in [-0.15, -0.1) is 0 Å². The van der Waals surface area contributed by atoms with E-state index in [-0.39, 0.29) is 12.0 Å². The summed E-state index contributed by atoms with van der Waals surface area (Å²) in [4.78, 5) is 15.0. The van der Waals surface area contributed by atoms with Crippen LogP contribution in [0.25, 0.3) is 6.08 Å². The highest BCUT2D eigenvalue weighted by molar-refractivity contribution is 8.26. The van der Waals surface area contributed by atoms with Gasteiger partial charge in [-0.2, -0.15) is 0 Å². The number of carbonyl (C=O) groups excluding carboxylic acids is 1. The number of rotatable bonds is 8. The van der Waals surface area contributed by atoms with E-state index in [0.717, 1.165) is 37.9 Å². The third kappa shape index (κ3) is 5.03. The Bertz CT molecular complexity index is 729. The lowest BCUT2D eigenvalue weighted by Gasteiger charge is -2.18. The van der Waals surface area contributed by atoms with Gasteiger partial charge >= 0.3 is 0 Å². The van der Waals surface area contributed by atoms with Crippen molar-refractivity contribution in [2.24, 2.45) is 0 Å². The highest BCUT2D eigenvalue weighted by atomic mass is 32.2. The van der Waals surface area contributed by atoms with E-state index < -0.39 is 0 Å². The second-order valence-corrected chi connectivity index (χ2v) is 8.22. The molecule has 7 heteroatoms. The first-order valence-electron chi connectivity index (χ1n) is 9.30. The fraction of sp³-hybridized carbons (Fsp3) is 0.500. The van der Waals surface area contributed by atoms with Crippen molar-refractivity contribution >= 4 is 40.3 Å². The van der Waals surface area contributed by atoms with E-state index in [1.165, 1.54) is 11.8 Å². The largest absolute Gasteiger partial charge is 0.493 e. The van der Waals surface area contributed by atoms with Crippen molar-refractivity contribution in [3.63, 3.8) is 0 Å². The first-order chi connectivity index (χ1) is 13.1. The van der Waals surface area contributed by atoms with Gasteiger partial charge in [-0.25, -0.2) is 0 Å². The third-order valence-electron chi connectivity index (χ3n) is 4.52. The lowest BCUT2D eigenvalue weighted by Crippen LogP contribution is -2.35. The summed E-state index contributed by atoms with van der Waals surface area (Å²) < 4.78 is 17.4. The minimum Gasteiger partial charge on any atom is -0.493 e. The second-order valence-electron chi connectivity index (χ2n) is 6.54. The monoisotopic (exact) mass is 407 g/mol. The van der Waals surface area contributed by atoms with E-state index in [4.69, 9.17) is 26.4 Å². The highest BCUT2D eigenvalue weighted by Crippen LogP contribution is 2.35. The number of ether oxygens (including phenoxy) is 3. The molecule has 2 fully saturated rings. The molecule has 1 aromatic carbocycles. The van der Waals surface area contributed by atoms with E-state index >= 15 is 0 Å². The Kier molecular flexibility index (Phi) is 7.15. The topological polar surface area (TPSA) is 48.0 Å². The molecule has 0 spiro atoms. The molecule has 0 unspecified atom stereocenters. The quantitative estimate of drug-likeness (QED) is 0.365. The van der Waals surface area contributed by atoms with E-state index in [1.54, 1.807) is 12.0 Å². The SMILES string of the molecule is CCCCOc1ccc(/C=C2/SC(=S)N(C[C@@H]3CCCO3)C2=O)cc1OC. The number of methoxy groups -OCH3 is 1. The van der Waals surface area contributed by atoms with Crippen molar-refractivity contribution in [1.29, 1.82) is 0 Å². The van der Waals surface area contributed by atoms with E-state index in [1.807, 2.05) is 24.3 Å². The third-order valence-corrected chi connectivity index (χ3v) is 5.90. The molecular weight excluding hydrogens is 382 g/mol. The van der Waals surface area contributed by atoms with Crippen molar-refractivity contribution in [1.82, 2.24) is 4.90 Å². The zero-order valence-electron chi connectivity index (χ0n) is 15.7. The summed E-state index contributed by atoms with van der Waals surface area (Å²) in [5.41, 5.74) is 0.882. The highest BCUT2D eigenvalue weighted by Gasteiger charge is 2.34. The maximum atomic E-state index is 12.7. The lowest BCUT2D eigenvalue weighted by molar-refractivity contribution is -0.123. The van der Waals surface area contributed by atoms with Crippen molar-refractivity contribution < 1.29 is 19.0 Å². The van der Waals surface area contributed by atoms with Crippen LogP contribution >= 0.6 is 24.0 Å². The first kappa shape index (κ1) is 20.2. The summed E-state index contributed by atoms with van der Waals surface area (Å²) in [7, 11) is 1.62. The minimum absolute atomic E-state index is 0.0530. The molecule has 0 N–H and O–H groups in total. The fourth-order valence-electron chi connectivity index (χ4n) is 3.02. The number of nitrogens with zero attached hydrogens (tertiary/aromatic N) is 1. The van der Waals surface area contributed by atoms with Gasteiger partial charge in [0.1, 0.15) is 4.32 Å². The van der Waals surface area contributed by atoms with E-state index in [0.29, 0.717) is 33.9 Å². The smallest absolute Gasteiger partial charge is 0.266 e. The molecule has 1 aromatic rings. The zero-order chi connectivity index (χ0) is 19.2. The maximum Gasteiger partial charge on any atom is 0.266 e. The van der Waals surface area contributed by atoms with Crippen LogP contribution in [0.1, 0.15) is 38.2 Å². The van der Waals surface area contributed by atoms with Gasteiger partial charge in [0, 0.05) is 6.61 Å². The number of unbranched alkanes of at least 4 members (excludes halogenated alkanes) is 1. The molecular formula is C20H25NO4S2. The summed E-state index contributed by atoms with van der Waals surface area (Å²) in [5.74, 6) is 1.33. The molecule has 0 aromatic heterocycles. The van der Waals surface area contributed by atoms with Crippen LogP contribution in [0.2, 0.25) is 0 Å². The first-order valence-corrected chi connectivity index (χ1v) is 10.5. The number of hydrogen-bond donors (Lipinski definition) is 0. The number of benzene rings is 1. The molecule has 2 aliphatic heterocycles. The van der Waals surface area contributed by atoms with Crippen molar-refractivity contribution in [2.75, 3.05) is 26.9 Å². The van der Waals surface area contributed by atoms with Gasteiger partial charge in [-0.05, 0) is 43.0 Å². The van der Waals surface area contributed by atoms with Gasteiger partial charge in [-0.3, -0.25) is 9.69 Å². The van der Waals surface area contributed by atoms with Crippen LogP contribution < -0.4 is 9.47 Å². The molecule has 3 rings (SSSR count). The van der Waals surface area contributed by atoms with Gasteiger partial charge in [0.05, 0.1) is 31.3 Å². The summed E-state index contributed by atoms with van der Waals surface area (Å²) in [6, 6.07) is 5.69. The van der Waals surface area contributed by atoms with Gasteiger partial charge in [0.25, 0.3) is 5.91 Å². The minimum atomic E-state index is -0.0530. The Morgan fingerprint density at radius 1 is 1.41 bits per heavy atom. The average molecular weight is 408 g/mol. The van der Waals surface area contributed by atoms with Crippen LogP contribution in [0.4, 0.5) is 0 Å². The predicted molar refractivity (Wildman–Crippen MR) is 112 cm³/mol. The molecule has 2 heterocycles. The molecule has 27 heavy (non-hydrogen) atoms. The molecule has 1 atom stereocenters. The molecule has 0 aliphatic carbocycles. The maximum absolute atomic E-state index is 12.7. The van der Waals surface area contributed by atoms with Crippen molar-refractivity contribution in [3.05, 3.63) is 28.7 Å². The number of amides is 1. The Balaban J connectivity index is 1.71. The molecule has 0 saturated carbocycles. The molecule has 1 amide bonds.